The van der Waals surface area contributed by atoms with Crippen LogP contribution in [0, 0.1) is 0 Å². The number of aromatic nitrogens is 4. The van der Waals surface area contributed by atoms with Crippen LogP contribution in [0.15, 0.2) is 78.9 Å². The molecule has 190 valence electrons. The SMILES string of the molecule is CC(c1ccccc1)N1C(=O)OC[C@H]1Cn1nnc(-c2ccccc2Nc2ccc(C(F)(F)F)cc2)n1. The molecule has 1 fully saturated rings. The quantitative estimate of drug-likeness (QED) is 0.346. The van der Waals surface area contributed by atoms with Gasteiger partial charge in [-0.2, -0.15) is 18.0 Å². The van der Waals surface area contributed by atoms with Gasteiger partial charge in [-0.25, -0.2) is 4.79 Å². The van der Waals surface area contributed by atoms with E-state index < -0.39 is 17.8 Å². The molecule has 2 heterocycles. The highest BCUT2D eigenvalue weighted by atomic mass is 19.4. The Labute approximate surface area is 210 Å². The third kappa shape index (κ3) is 5.25. The predicted octanol–water partition coefficient (Wildman–Crippen LogP) is 5.68. The Morgan fingerprint density at radius 2 is 1.73 bits per heavy atom. The molecular formula is C26H23F3N6O2. The van der Waals surface area contributed by atoms with Crippen LogP contribution in [0.1, 0.15) is 24.1 Å². The van der Waals surface area contributed by atoms with Crippen molar-refractivity contribution in [2.75, 3.05) is 11.9 Å². The van der Waals surface area contributed by atoms with Gasteiger partial charge in [-0.05, 0) is 54.1 Å². The molecule has 1 aromatic heterocycles. The van der Waals surface area contributed by atoms with Gasteiger partial charge in [0.2, 0.25) is 5.82 Å². The number of ether oxygens (including phenoxy) is 1. The maximum Gasteiger partial charge on any atom is 0.416 e. The summed E-state index contributed by atoms with van der Waals surface area (Å²) in [5.74, 6) is 0.336. The molecule has 1 saturated heterocycles. The summed E-state index contributed by atoms with van der Waals surface area (Å²) < 4.78 is 44.0. The molecule has 37 heavy (non-hydrogen) atoms. The molecule has 0 saturated carbocycles. The Bertz CT molecular complexity index is 1380. The van der Waals surface area contributed by atoms with Crippen molar-refractivity contribution in [2.45, 2.75) is 31.7 Å². The second kappa shape index (κ2) is 9.92. The van der Waals surface area contributed by atoms with Gasteiger partial charge in [0.1, 0.15) is 6.61 Å². The fourth-order valence-electron chi connectivity index (χ4n) is 4.28. The van der Waals surface area contributed by atoms with Crippen LogP contribution in [0.5, 0.6) is 0 Å². The number of halogens is 3. The molecule has 8 nitrogen and oxygen atoms in total. The Morgan fingerprint density at radius 3 is 2.46 bits per heavy atom. The molecular weight excluding hydrogens is 485 g/mol. The molecule has 0 bridgehead atoms. The van der Waals surface area contributed by atoms with Crippen molar-refractivity contribution < 1.29 is 22.7 Å². The highest BCUT2D eigenvalue weighted by Crippen LogP contribution is 2.32. The molecule has 1 aliphatic heterocycles. The molecule has 5 rings (SSSR count). The summed E-state index contributed by atoms with van der Waals surface area (Å²) >= 11 is 0. The van der Waals surface area contributed by atoms with Crippen LogP contribution < -0.4 is 5.32 Å². The summed E-state index contributed by atoms with van der Waals surface area (Å²) in [6, 6.07) is 21.1. The van der Waals surface area contributed by atoms with Crippen LogP contribution in [-0.2, 0) is 17.5 Å². The zero-order chi connectivity index (χ0) is 26.0. The summed E-state index contributed by atoms with van der Waals surface area (Å²) in [5.41, 5.74) is 1.99. The number of benzene rings is 3. The highest BCUT2D eigenvalue weighted by Gasteiger charge is 2.37. The minimum atomic E-state index is -4.40. The Morgan fingerprint density at radius 1 is 1.03 bits per heavy atom. The molecule has 11 heteroatoms. The van der Waals surface area contributed by atoms with E-state index in [0.717, 1.165) is 17.7 Å². The third-order valence-electron chi connectivity index (χ3n) is 6.19. The van der Waals surface area contributed by atoms with E-state index in [0.29, 0.717) is 22.8 Å². The first-order valence-electron chi connectivity index (χ1n) is 11.6. The van der Waals surface area contributed by atoms with E-state index >= 15 is 0 Å². The van der Waals surface area contributed by atoms with E-state index in [-0.39, 0.29) is 25.2 Å². The van der Waals surface area contributed by atoms with Crippen LogP contribution in [0.2, 0.25) is 0 Å². The summed E-state index contributed by atoms with van der Waals surface area (Å²) in [6.45, 7) is 2.43. The van der Waals surface area contributed by atoms with Crippen molar-refractivity contribution in [3.05, 3.63) is 90.0 Å². The number of nitrogens with zero attached hydrogens (tertiary/aromatic N) is 5. The first kappa shape index (κ1) is 24.3. The first-order chi connectivity index (χ1) is 17.8. The van der Waals surface area contributed by atoms with Crippen molar-refractivity contribution in [1.29, 1.82) is 0 Å². The lowest BCUT2D eigenvalue weighted by Crippen LogP contribution is -2.39. The number of anilines is 2. The standard InChI is InChI=1S/C26H23F3N6O2/c1-17(18-7-3-2-4-8-18)35-21(16-37-25(35)36)15-34-32-24(31-33-34)22-9-5-6-10-23(22)30-20-13-11-19(12-14-20)26(27,28)29/h2-14,17,21,30H,15-16H2,1H3/t17?,21-/m1/s1. The predicted molar refractivity (Wildman–Crippen MR) is 130 cm³/mol. The average molecular weight is 509 g/mol. The van der Waals surface area contributed by atoms with Gasteiger partial charge in [0.25, 0.3) is 0 Å². The lowest BCUT2D eigenvalue weighted by atomic mass is 10.1. The summed E-state index contributed by atoms with van der Waals surface area (Å²) in [6.07, 6.45) is -4.80. The van der Waals surface area contributed by atoms with E-state index in [2.05, 4.69) is 20.7 Å². The van der Waals surface area contributed by atoms with Gasteiger partial charge in [-0.3, -0.25) is 4.90 Å². The number of alkyl halides is 3. The average Bonchev–Trinajstić information content (AvgIpc) is 3.51. The number of amides is 1. The zero-order valence-electron chi connectivity index (χ0n) is 19.8. The fraction of sp³-hybridized carbons (Fsp3) is 0.231. The molecule has 0 spiro atoms. The fourth-order valence-corrected chi connectivity index (χ4v) is 4.28. The van der Waals surface area contributed by atoms with Crippen LogP contribution in [0.3, 0.4) is 0 Å². The molecule has 3 aromatic carbocycles. The summed E-state index contributed by atoms with van der Waals surface area (Å²) in [7, 11) is 0. The van der Waals surface area contributed by atoms with Crippen molar-refractivity contribution in [1.82, 2.24) is 25.1 Å². The van der Waals surface area contributed by atoms with Crippen LogP contribution >= 0.6 is 0 Å². The first-order valence-corrected chi connectivity index (χ1v) is 11.6. The lowest BCUT2D eigenvalue weighted by molar-refractivity contribution is -0.137. The number of carbonyl (C=O) groups excluding carboxylic acids is 1. The molecule has 0 radical (unpaired) electrons. The van der Waals surface area contributed by atoms with Gasteiger partial charge in [0.05, 0.1) is 24.2 Å². The van der Waals surface area contributed by atoms with E-state index in [1.807, 2.05) is 37.3 Å². The number of para-hydroxylation sites is 1. The Balaban J connectivity index is 1.33. The Hall–Kier alpha value is -4.41. The van der Waals surface area contributed by atoms with Crippen molar-refractivity contribution in [3.8, 4) is 11.4 Å². The smallest absolute Gasteiger partial charge is 0.416 e. The van der Waals surface area contributed by atoms with Crippen LogP contribution in [-0.4, -0.2) is 43.8 Å². The minimum Gasteiger partial charge on any atom is -0.447 e. The maximum absolute atomic E-state index is 12.9. The lowest BCUT2D eigenvalue weighted by Gasteiger charge is -2.27. The number of cyclic esters (lactones) is 1. The summed E-state index contributed by atoms with van der Waals surface area (Å²) in [5, 5.41) is 16.0. The van der Waals surface area contributed by atoms with E-state index in [1.54, 1.807) is 29.2 Å². The molecule has 4 aromatic rings. The number of hydrogen-bond acceptors (Lipinski definition) is 6. The van der Waals surface area contributed by atoms with Gasteiger partial charge in [0.15, 0.2) is 0 Å². The van der Waals surface area contributed by atoms with Gasteiger partial charge in [-0.15, -0.1) is 10.2 Å². The molecule has 2 atom stereocenters. The summed E-state index contributed by atoms with van der Waals surface area (Å²) in [4.78, 5) is 15.6. The van der Waals surface area contributed by atoms with E-state index in [9.17, 15) is 18.0 Å². The molecule has 0 aliphatic carbocycles. The number of carbonyl (C=O) groups is 1. The topological polar surface area (TPSA) is 85.2 Å². The van der Waals surface area contributed by atoms with Gasteiger partial charge in [-0.1, -0.05) is 42.5 Å². The molecule has 1 amide bonds. The molecule has 1 unspecified atom stereocenters. The van der Waals surface area contributed by atoms with Crippen molar-refractivity contribution in [3.63, 3.8) is 0 Å². The van der Waals surface area contributed by atoms with Crippen molar-refractivity contribution >= 4 is 17.5 Å². The number of hydrogen-bond donors (Lipinski definition) is 1. The van der Waals surface area contributed by atoms with Crippen LogP contribution in [0.4, 0.5) is 29.3 Å². The molecule has 1 N–H and O–H groups in total. The minimum absolute atomic E-state index is 0.196. The highest BCUT2D eigenvalue weighted by molar-refractivity contribution is 5.77. The second-order valence-electron chi connectivity index (χ2n) is 8.64. The number of rotatable bonds is 7. The second-order valence-corrected chi connectivity index (χ2v) is 8.64. The van der Waals surface area contributed by atoms with E-state index in [1.165, 1.54) is 16.9 Å². The van der Waals surface area contributed by atoms with Gasteiger partial charge in [0, 0.05) is 16.9 Å². The van der Waals surface area contributed by atoms with Gasteiger partial charge >= 0.3 is 12.3 Å². The number of nitrogens with one attached hydrogen (secondary N) is 1. The maximum atomic E-state index is 12.9. The molecule has 1 aliphatic rings. The van der Waals surface area contributed by atoms with E-state index in [4.69, 9.17) is 4.74 Å². The Kier molecular flexibility index (Phi) is 6.51. The van der Waals surface area contributed by atoms with Gasteiger partial charge < -0.3 is 10.1 Å². The monoisotopic (exact) mass is 508 g/mol. The zero-order valence-corrected chi connectivity index (χ0v) is 19.8. The third-order valence-corrected chi connectivity index (χ3v) is 6.19. The van der Waals surface area contributed by atoms with Crippen molar-refractivity contribution in [2.24, 2.45) is 0 Å². The normalized spacial score (nSPS) is 16.5. The largest absolute Gasteiger partial charge is 0.447 e. The number of tetrazole rings is 1. The van der Waals surface area contributed by atoms with Crippen LogP contribution in [0.25, 0.3) is 11.4 Å².